The van der Waals surface area contributed by atoms with Crippen molar-refractivity contribution in [2.45, 2.75) is 52.2 Å². The van der Waals surface area contributed by atoms with Crippen LogP contribution < -0.4 is 19.1 Å². The number of carbonyl (C=O) groups excluding carboxylic acids is 2. The van der Waals surface area contributed by atoms with E-state index in [9.17, 15) is 18.0 Å². The predicted molar refractivity (Wildman–Crippen MR) is 146 cm³/mol. The Bertz CT molecular complexity index is 1190. The first-order valence-electron chi connectivity index (χ1n) is 12.0. The first-order chi connectivity index (χ1) is 17.4. The average Bonchev–Trinajstić information content (AvgIpc) is 2.86. The highest BCUT2D eigenvalue weighted by Crippen LogP contribution is 2.33. The fourth-order valence-corrected chi connectivity index (χ4v) is 4.79. The van der Waals surface area contributed by atoms with Gasteiger partial charge >= 0.3 is 0 Å². The molecule has 1 N–H and O–H groups in total. The van der Waals surface area contributed by atoms with E-state index in [1.54, 1.807) is 38.3 Å². The van der Waals surface area contributed by atoms with Crippen molar-refractivity contribution in [3.8, 4) is 11.5 Å². The fraction of sp³-hybridized carbons (Fsp3) is 0.462. The highest BCUT2D eigenvalue weighted by Gasteiger charge is 2.33. The molecule has 0 saturated carbocycles. The molecule has 0 bridgehead atoms. The summed E-state index contributed by atoms with van der Waals surface area (Å²) in [5.74, 6) is -0.0206. The minimum absolute atomic E-state index is 0.0761. The zero-order valence-corrected chi connectivity index (χ0v) is 23.7. The lowest BCUT2D eigenvalue weighted by atomic mass is 10.1. The molecule has 0 heterocycles. The summed E-state index contributed by atoms with van der Waals surface area (Å²) in [6.07, 6.45) is 2.06. The van der Waals surface area contributed by atoms with Crippen molar-refractivity contribution < 1.29 is 27.5 Å². The molecule has 0 spiro atoms. The van der Waals surface area contributed by atoms with Gasteiger partial charge in [0.2, 0.25) is 21.8 Å². The summed E-state index contributed by atoms with van der Waals surface area (Å²) in [6.45, 7) is 5.17. The molecule has 2 aromatic carbocycles. The van der Waals surface area contributed by atoms with E-state index in [4.69, 9.17) is 21.1 Å². The van der Waals surface area contributed by atoms with E-state index in [1.807, 2.05) is 19.9 Å². The summed E-state index contributed by atoms with van der Waals surface area (Å²) in [6, 6.07) is 10.8. The number of hydrogen-bond donors (Lipinski definition) is 1. The number of nitrogens with zero attached hydrogens (tertiary/aromatic N) is 2. The van der Waals surface area contributed by atoms with Crippen LogP contribution in [0.3, 0.4) is 0 Å². The molecule has 9 nitrogen and oxygen atoms in total. The Morgan fingerprint density at radius 2 is 1.76 bits per heavy atom. The quantitative estimate of drug-likeness (QED) is 0.404. The van der Waals surface area contributed by atoms with Crippen molar-refractivity contribution in [1.29, 1.82) is 0 Å². The normalized spacial score (nSPS) is 12.8. The van der Waals surface area contributed by atoms with Gasteiger partial charge in [0.05, 0.1) is 26.2 Å². The highest BCUT2D eigenvalue weighted by molar-refractivity contribution is 7.92. The number of nitrogens with one attached hydrogen (secondary N) is 1. The zero-order valence-electron chi connectivity index (χ0n) is 22.2. The number of hydrogen-bond acceptors (Lipinski definition) is 6. The van der Waals surface area contributed by atoms with E-state index in [-0.39, 0.29) is 35.0 Å². The Kier molecular flexibility index (Phi) is 11.1. The SMILES string of the molecule is CC[C@H](C(=O)N[C@@H](C)CC)N(Cc1cccc(OC)c1)C(=O)CN(c1cc(Cl)ccc1OC)S(C)(=O)=O. The van der Waals surface area contributed by atoms with Crippen LogP contribution in [0.5, 0.6) is 11.5 Å². The van der Waals surface area contributed by atoms with Gasteiger partial charge in [0, 0.05) is 17.6 Å². The van der Waals surface area contributed by atoms with Crippen molar-refractivity contribution in [2.24, 2.45) is 0 Å². The largest absolute Gasteiger partial charge is 0.497 e. The lowest BCUT2D eigenvalue weighted by molar-refractivity contribution is -0.140. The maximum absolute atomic E-state index is 13.8. The number of ether oxygens (including phenoxy) is 2. The molecule has 37 heavy (non-hydrogen) atoms. The van der Waals surface area contributed by atoms with Crippen LogP contribution >= 0.6 is 11.6 Å². The Labute approximate surface area is 224 Å². The Morgan fingerprint density at radius 3 is 2.32 bits per heavy atom. The summed E-state index contributed by atoms with van der Waals surface area (Å²) in [7, 11) is -0.989. The van der Waals surface area contributed by atoms with Gasteiger partial charge < -0.3 is 19.7 Å². The van der Waals surface area contributed by atoms with Gasteiger partial charge in [0.25, 0.3) is 0 Å². The van der Waals surface area contributed by atoms with E-state index in [0.29, 0.717) is 12.2 Å². The summed E-state index contributed by atoms with van der Waals surface area (Å²) >= 11 is 6.14. The van der Waals surface area contributed by atoms with Crippen LogP contribution in [-0.4, -0.2) is 64.2 Å². The van der Waals surface area contributed by atoms with Crippen LogP contribution in [0, 0.1) is 0 Å². The molecule has 0 aliphatic rings. The fourth-order valence-electron chi connectivity index (χ4n) is 3.78. The molecular formula is C26H36ClN3O6S. The number of halogens is 1. The smallest absolute Gasteiger partial charge is 0.244 e. The number of anilines is 1. The number of rotatable bonds is 13. The number of sulfonamides is 1. The molecule has 0 aliphatic carbocycles. The molecule has 204 valence electrons. The summed E-state index contributed by atoms with van der Waals surface area (Å²) in [4.78, 5) is 28.4. The van der Waals surface area contributed by atoms with E-state index in [2.05, 4.69) is 5.32 Å². The maximum Gasteiger partial charge on any atom is 0.244 e. The van der Waals surface area contributed by atoms with Crippen LogP contribution in [0.2, 0.25) is 5.02 Å². The molecule has 2 aromatic rings. The first kappa shape index (κ1) is 30.2. The van der Waals surface area contributed by atoms with Crippen LogP contribution in [0.25, 0.3) is 0 Å². The van der Waals surface area contributed by atoms with Gasteiger partial charge in [-0.3, -0.25) is 13.9 Å². The van der Waals surface area contributed by atoms with Crippen LogP contribution in [0.15, 0.2) is 42.5 Å². The van der Waals surface area contributed by atoms with Gasteiger partial charge in [-0.2, -0.15) is 0 Å². The first-order valence-corrected chi connectivity index (χ1v) is 14.2. The Balaban J connectivity index is 2.53. The molecule has 2 rings (SSSR count). The third-order valence-electron chi connectivity index (χ3n) is 5.96. The van der Waals surface area contributed by atoms with Gasteiger partial charge in [-0.15, -0.1) is 0 Å². The third-order valence-corrected chi connectivity index (χ3v) is 7.32. The summed E-state index contributed by atoms with van der Waals surface area (Å²) in [5, 5.41) is 3.22. The molecule has 0 aromatic heterocycles. The van der Waals surface area contributed by atoms with Gasteiger partial charge in [0.1, 0.15) is 24.1 Å². The molecule has 0 radical (unpaired) electrons. The molecule has 0 unspecified atom stereocenters. The second-order valence-corrected chi connectivity index (χ2v) is 11.0. The van der Waals surface area contributed by atoms with Gasteiger partial charge in [-0.05, 0) is 55.7 Å². The van der Waals surface area contributed by atoms with Gasteiger partial charge in [-0.25, -0.2) is 8.42 Å². The second-order valence-electron chi connectivity index (χ2n) is 8.70. The van der Waals surface area contributed by atoms with Gasteiger partial charge in [0.15, 0.2) is 0 Å². The molecule has 2 amide bonds. The average molecular weight is 554 g/mol. The third kappa shape index (κ3) is 8.26. The van der Waals surface area contributed by atoms with Gasteiger partial charge in [-0.1, -0.05) is 37.6 Å². The molecule has 0 aliphatic heterocycles. The standard InChI is InChI=1S/C26H36ClN3O6S/c1-7-18(3)28-26(32)22(8-2)29(16-19-10-9-11-21(14-19)35-4)25(31)17-30(37(6,33)34)23-15-20(27)12-13-24(23)36-5/h9-15,18,22H,7-8,16-17H2,1-6H3,(H,28,32)/t18-,22+/m0/s1. The number of carbonyl (C=O) groups is 2. The van der Waals surface area contributed by atoms with E-state index >= 15 is 0 Å². The van der Waals surface area contributed by atoms with Crippen LogP contribution in [0.4, 0.5) is 5.69 Å². The lowest BCUT2D eigenvalue weighted by Gasteiger charge is -2.33. The van der Waals surface area contributed by atoms with Crippen molar-refractivity contribution in [3.63, 3.8) is 0 Å². The highest BCUT2D eigenvalue weighted by atomic mass is 35.5. The van der Waals surface area contributed by atoms with Crippen molar-refractivity contribution >= 4 is 39.1 Å². The van der Waals surface area contributed by atoms with E-state index in [1.165, 1.54) is 24.1 Å². The molecular weight excluding hydrogens is 518 g/mol. The van der Waals surface area contributed by atoms with Crippen LogP contribution in [0.1, 0.15) is 39.2 Å². The molecule has 0 saturated heterocycles. The topological polar surface area (TPSA) is 105 Å². The Hall–Kier alpha value is -2.98. The molecule has 2 atom stereocenters. The minimum Gasteiger partial charge on any atom is -0.497 e. The number of amides is 2. The monoisotopic (exact) mass is 553 g/mol. The van der Waals surface area contributed by atoms with Crippen molar-refractivity contribution in [1.82, 2.24) is 10.2 Å². The van der Waals surface area contributed by atoms with Crippen molar-refractivity contribution in [2.75, 3.05) is 31.3 Å². The Morgan fingerprint density at radius 1 is 1.05 bits per heavy atom. The maximum atomic E-state index is 13.8. The minimum atomic E-state index is -3.93. The van der Waals surface area contributed by atoms with Crippen molar-refractivity contribution in [3.05, 3.63) is 53.1 Å². The molecule has 0 fully saturated rings. The van der Waals surface area contributed by atoms with Crippen LogP contribution in [-0.2, 0) is 26.2 Å². The predicted octanol–water partition coefficient (Wildman–Crippen LogP) is 3.85. The second kappa shape index (κ2) is 13.5. The zero-order chi connectivity index (χ0) is 27.8. The number of benzene rings is 2. The number of methoxy groups -OCH3 is 2. The summed E-state index contributed by atoms with van der Waals surface area (Å²) < 4.78 is 37.2. The van der Waals surface area contributed by atoms with E-state index < -0.39 is 28.5 Å². The lowest BCUT2D eigenvalue weighted by Crippen LogP contribution is -2.53. The van der Waals surface area contributed by atoms with E-state index in [0.717, 1.165) is 22.5 Å². The molecule has 11 heteroatoms. The summed E-state index contributed by atoms with van der Waals surface area (Å²) in [5.41, 5.74) is 0.859.